The number of rotatable bonds is 4. The standard InChI is InChI=1S/C13H10Br2ClNO3S/c14-10-3-2-9(6-12(10)16)17-21(19,20)13-4-1-8(7-18)5-11(13)15/h1-6,17-18H,7H2. The van der Waals surface area contributed by atoms with Crippen LogP contribution in [0.15, 0.2) is 50.2 Å². The molecule has 0 aromatic heterocycles. The van der Waals surface area contributed by atoms with E-state index in [0.29, 0.717) is 25.2 Å². The van der Waals surface area contributed by atoms with Gasteiger partial charge in [0, 0.05) is 8.95 Å². The minimum atomic E-state index is -3.75. The molecule has 0 atom stereocenters. The summed E-state index contributed by atoms with van der Waals surface area (Å²) < 4.78 is 28.2. The molecule has 2 aromatic carbocycles. The van der Waals surface area contributed by atoms with Gasteiger partial charge in [-0.1, -0.05) is 17.7 Å². The zero-order valence-corrected chi connectivity index (χ0v) is 15.2. The van der Waals surface area contributed by atoms with Crippen LogP contribution in [0.25, 0.3) is 0 Å². The summed E-state index contributed by atoms with van der Waals surface area (Å²) >= 11 is 12.4. The van der Waals surface area contributed by atoms with Crippen molar-refractivity contribution in [2.45, 2.75) is 11.5 Å². The van der Waals surface area contributed by atoms with Gasteiger partial charge >= 0.3 is 0 Å². The number of anilines is 1. The molecule has 0 aliphatic rings. The first-order valence-electron chi connectivity index (χ1n) is 5.70. The second kappa shape index (κ2) is 6.66. The summed E-state index contributed by atoms with van der Waals surface area (Å²) in [6.45, 7) is -0.158. The zero-order valence-electron chi connectivity index (χ0n) is 10.5. The fourth-order valence-corrected chi connectivity index (χ4v) is 4.23. The molecule has 0 spiro atoms. The van der Waals surface area contributed by atoms with Crippen LogP contribution in [0.1, 0.15) is 5.56 Å². The van der Waals surface area contributed by atoms with Gasteiger partial charge in [0.25, 0.3) is 10.0 Å². The molecule has 0 fully saturated rings. The first-order chi connectivity index (χ1) is 9.83. The van der Waals surface area contributed by atoms with Crippen LogP contribution in [0.3, 0.4) is 0 Å². The van der Waals surface area contributed by atoms with Gasteiger partial charge in [-0.2, -0.15) is 0 Å². The fraction of sp³-hybridized carbons (Fsp3) is 0.0769. The molecule has 21 heavy (non-hydrogen) atoms. The van der Waals surface area contributed by atoms with E-state index >= 15 is 0 Å². The van der Waals surface area contributed by atoms with Crippen LogP contribution in [0.2, 0.25) is 5.02 Å². The molecule has 2 rings (SSSR count). The van der Waals surface area contributed by atoms with Crippen LogP contribution in [-0.4, -0.2) is 13.5 Å². The Bertz CT molecular complexity index is 781. The van der Waals surface area contributed by atoms with Crippen LogP contribution >= 0.6 is 43.5 Å². The van der Waals surface area contributed by atoms with Crippen molar-refractivity contribution in [1.29, 1.82) is 0 Å². The smallest absolute Gasteiger partial charge is 0.263 e. The van der Waals surface area contributed by atoms with Gasteiger partial charge in [-0.05, 0) is 67.8 Å². The zero-order chi connectivity index (χ0) is 15.6. The highest BCUT2D eigenvalue weighted by molar-refractivity contribution is 9.10. The maximum atomic E-state index is 12.4. The minimum Gasteiger partial charge on any atom is -0.392 e. The highest BCUT2D eigenvalue weighted by Gasteiger charge is 2.18. The van der Waals surface area contributed by atoms with E-state index in [1.54, 1.807) is 24.3 Å². The van der Waals surface area contributed by atoms with E-state index in [1.807, 2.05) is 0 Å². The van der Waals surface area contributed by atoms with Crippen LogP contribution in [0.5, 0.6) is 0 Å². The van der Waals surface area contributed by atoms with Gasteiger partial charge in [-0.3, -0.25) is 4.72 Å². The predicted octanol–water partition coefficient (Wildman–Crippen LogP) is 4.16. The van der Waals surface area contributed by atoms with Crippen molar-refractivity contribution in [2.24, 2.45) is 0 Å². The normalized spacial score (nSPS) is 11.4. The average Bonchev–Trinajstić information content (AvgIpc) is 2.42. The Balaban J connectivity index is 2.36. The number of aliphatic hydroxyl groups excluding tert-OH is 1. The van der Waals surface area contributed by atoms with Gasteiger partial charge in [-0.25, -0.2) is 8.42 Å². The summed E-state index contributed by atoms with van der Waals surface area (Å²) in [7, 11) is -3.75. The highest BCUT2D eigenvalue weighted by Crippen LogP contribution is 2.29. The Labute approximate surface area is 144 Å². The summed E-state index contributed by atoms with van der Waals surface area (Å²) in [5, 5.41) is 9.45. The Hall–Kier alpha value is -0.600. The van der Waals surface area contributed by atoms with Gasteiger partial charge < -0.3 is 5.11 Å². The quantitative estimate of drug-likeness (QED) is 0.728. The van der Waals surface area contributed by atoms with Gasteiger partial charge in [0.1, 0.15) is 4.90 Å². The summed E-state index contributed by atoms with van der Waals surface area (Å²) in [5.74, 6) is 0. The molecule has 0 aliphatic carbocycles. The Morgan fingerprint density at radius 2 is 1.81 bits per heavy atom. The van der Waals surface area contributed by atoms with Crippen molar-refractivity contribution in [3.8, 4) is 0 Å². The molecule has 0 bridgehead atoms. The monoisotopic (exact) mass is 453 g/mol. The van der Waals surface area contributed by atoms with Crippen molar-refractivity contribution >= 4 is 59.2 Å². The van der Waals surface area contributed by atoms with E-state index in [0.717, 1.165) is 0 Å². The topological polar surface area (TPSA) is 66.4 Å². The molecule has 0 aliphatic heterocycles. The third kappa shape index (κ3) is 3.98. The molecule has 0 radical (unpaired) electrons. The molecule has 0 saturated carbocycles. The lowest BCUT2D eigenvalue weighted by Gasteiger charge is -2.11. The number of halogens is 3. The van der Waals surface area contributed by atoms with Crippen LogP contribution in [0, 0.1) is 0 Å². The summed E-state index contributed by atoms with van der Waals surface area (Å²) in [5.41, 5.74) is 0.980. The number of aliphatic hydroxyl groups is 1. The third-order valence-electron chi connectivity index (χ3n) is 2.64. The molecule has 0 amide bonds. The van der Waals surface area contributed by atoms with Gasteiger partial charge in [0.15, 0.2) is 0 Å². The first kappa shape index (κ1) is 16.8. The summed E-state index contributed by atoms with van der Waals surface area (Å²) in [4.78, 5) is 0.0822. The van der Waals surface area contributed by atoms with E-state index in [9.17, 15) is 8.42 Å². The van der Waals surface area contributed by atoms with Crippen molar-refractivity contribution in [3.05, 3.63) is 55.9 Å². The van der Waals surface area contributed by atoms with Crippen molar-refractivity contribution in [3.63, 3.8) is 0 Å². The second-order valence-corrected chi connectivity index (χ2v) is 7.92. The first-order valence-corrected chi connectivity index (χ1v) is 9.15. The highest BCUT2D eigenvalue weighted by atomic mass is 79.9. The molecule has 2 N–H and O–H groups in total. The number of hydrogen-bond acceptors (Lipinski definition) is 3. The van der Waals surface area contributed by atoms with E-state index in [2.05, 4.69) is 36.6 Å². The van der Waals surface area contributed by atoms with Crippen molar-refractivity contribution in [1.82, 2.24) is 0 Å². The molecular weight excluding hydrogens is 445 g/mol. The summed E-state index contributed by atoms with van der Waals surface area (Å²) in [6, 6.07) is 9.31. The molecule has 2 aromatic rings. The number of nitrogens with one attached hydrogen (secondary N) is 1. The molecule has 0 saturated heterocycles. The van der Waals surface area contributed by atoms with Crippen molar-refractivity contribution in [2.75, 3.05) is 4.72 Å². The number of hydrogen-bond donors (Lipinski definition) is 2. The number of sulfonamides is 1. The maximum absolute atomic E-state index is 12.4. The Kier molecular flexibility index (Phi) is 5.32. The van der Waals surface area contributed by atoms with Crippen LogP contribution in [-0.2, 0) is 16.6 Å². The van der Waals surface area contributed by atoms with E-state index in [4.69, 9.17) is 16.7 Å². The maximum Gasteiger partial charge on any atom is 0.263 e. The van der Waals surface area contributed by atoms with E-state index in [-0.39, 0.29) is 11.5 Å². The lowest BCUT2D eigenvalue weighted by Crippen LogP contribution is -2.13. The predicted molar refractivity (Wildman–Crippen MR) is 90.0 cm³/mol. The largest absolute Gasteiger partial charge is 0.392 e. The van der Waals surface area contributed by atoms with Crippen molar-refractivity contribution < 1.29 is 13.5 Å². The van der Waals surface area contributed by atoms with Crippen LogP contribution in [0.4, 0.5) is 5.69 Å². The lowest BCUT2D eigenvalue weighted by atomic mass is 10.2. The fourth-order valence-electron chi connectivity index (χ4n) is 1.63. The van der Waals surface area contributed by atoms with Gasteiger partial charge in [0.2, 0.25) is 0 Å². The van der Waals surface area contributed by atoms with Crippen LogP contribution < -0.4 is 4.72 Å². The Morgan fingerprint density at radius 3 is 2.38 bits per heavy atom. The van der Waals surface area contributed by atoms with E-state index in [1.165, 1.54) is 12.1 Å². The number of benzene rings is 2. The SMILES string of the molecule is O=S(=O)(Nc1ccc(Br)c(Cl)c1)c1ccc(CO)cc1Br. The third-order valence-corrected chi connectivity index (χ3v) is 6.23. The molecular formula is C13H10Br2ClNO3S. The van der Waals surface area contributed by atoms with E-state index < -0.39 is 10.0 Å². The molecule has 112 valence electrons. The molecule has 0 heterocycles. The van der Waals surface area contributed by atoms with Gasteiger partial charge in [0.05, 0.1) is 17.3 Å². The lowest BCUT2D eigenvalue weighted by molar-refractivity contribution is 0.281. The molecule has 4 nitrogen and oxygen atoms in total. The minimum absolute atomic E-state index is 0.0822. The summed E-state index contributed by atoms with van der Waals surface area (Å²) in [6.07, 6.45) is 0. The second-order valence-electron chi connectivity index (χ2n) is 4.16. The molecule has 0 unspecified atom stereocenters. The molecule has 8 heteroatoms. The van der Waals surface area contributed by atoms with Gasteiger partial charge in [-0.15, -0.1) is 0 Å². The average molecular weight is 456 g/mol. The Morgan fingerprint density at radius 1 is 1.10 bits per heavy atom.